The molecule has 0 heterocycles. The molecule has 0 radical (unpaired) electrons. The van der Waals surface area contributed by atoms with Gasteiger partial charge in [-0.05, 0) is 58.0 Å². The van der Waals surface area contributed by atoms with Crippen LogP contribution in [-0.2, 0) is 4.74 Å². The lowest BCUT2D eigenvalue weighted by Gasteiger charge is -2.26. The van der Waals surface area contributed by atoms with Crippen molar-refractivity contribution in [2.45, 2.75) is 46.8 Å². The molecule has 1 aromatic rings. The fourth-order valence-electron chi connectivity index (χ4n) is 2.36. The van der Waals surface area contributed by atoms with E-state index in [1.165, 1.54) is 16.7 Å². The van der Waals surface area contributed by atoms with Gasteiger partial charge in [0, 0.05) is 19.1 Å². The molecule has 0 aliphatic carbocycles. The van der Waals surface area contributed by atoms with Gasteiger partial charge in [0.15, 0.2) is 0 Å². The average Bonchev–Trinajstić information content (AvgIpc) is 2.41. The highest BCUT2D eigenvalue weighted by atomic mass is 16.5. The Balaban J connectivity index is 2.61. The van der Waals surface area contributed by atoms with Crippen LogP contribution in [0.15, 0.2) is 18.2 Å². The van der Waals surface area contributed by atoms with E-state index in [4.69, 9.17) is 4.74 Å². The molecule has 3 nitrogen and oxygen atoms in total. The number of ether oxygens (including phenoxy) is 1. The molecule has 1 rings (SSSR count). The van der Waals surface area contributed by atoms with Gasteiger partial charge in [0.2, 0.25) is 0 Å². The second-order valence-electron chi connectivity index (χ2n) is 6.14. The molecule has 3 heteroatoms. The number of hydrogen-bond acceptors (Lipinski definition) is 3. The second kappa shape index (κ2) is 9.19. The standard InChI is InChI=1S/C18H32N2O/c1-7-19-18(13-20(6)10-11-21-14(2)3)17-9-8-15(4)16(5)12-17/h8-9,12,14,18-19H,7,10-11,13H2,1-6H3. The van der Waals surface area contributed by atoms with Crippen molar-refractivity contribution in [2.75, 3.05) is 33.3 Å². The maximum Gasteiger partial charge on any atom is 0.0596 e. The summed E-state index contributed by atoms with van der Waals surface area (Å²) in [5.74, 6) is 0. The second-order valence-corrected chi connectivity index (χ2v) is 6.14. The Morgan fingerprint density at radius 1 is 1.19 bits per heavy atom. The SMILES string of the molecule is CCNC(CN(C)CCOC(C)C)c1ccc(C)c(C)c1. The van der Waals surface area contributed by atoms with Gasteiger partial charge >= 0.3 is 0 Å². The monoisotopic (exact) mass is 292 g/mol. The molecular weight excluding hydrogens is 260 g/mol. The number of rotatable bonds is 9. The highest BCUT2D eigenvalue weighted by Crippen LogP contribution is 2.18. The van der Waals surface area contributed by atoms with Crippen LogP contribution >= 0.6 is 0 Å². The molecule has 1 unspecified atom stereocenters. The van der Waals surface area contributed by atoms with Crippen LogP contribution < -0.4 is 5.32 Å². The van der Waals surface area contributed by atoms with E-state index < -0.39 is 0 Å². The minimum absolute atomic E-state index is 0.308. The van der Waals surface area contributed by atoms with Crippen molar-refractivity contribution in [3.63, 3.8) is 0 Å². The number of nitrogens with one attached hydrogen (secondary N) is 1. The fourth-order valence-corrected chi connectivity index (χ4v) is 2.36. The molecule has 1 N–H and O–H groups in total. The molecule has 120 valence electrons. The predicted octanol–water partition coefficient (Wildman–Crippen LogP) is 3.31. The van der Waals surface area contributed by atoms with Crippen molar-refractivity contribution < 1.29 is 4.74 Å². The zero-order valence-electron chi connectivity index (χ0n) is 14.6. The molecule has 1 atom stereocenters. The first-order chi connectivity index (χ1) is 9.93. The molecule has 0 aromatic heterocycles. The van der Waals surface area contributed by atoms with Gasteiger partial charge in [-0.1, -0.05) is 25.1 Å². The van der Waals surface area contributed by atoms with E-state index in [1.54, 1.807) is 0 Å². The van der Waals surface area contributed by atoms with Crippen molar-refractivity contribution in [1.29, 1.82) is 0 Å². The smallest absolute Gasteiger partial charge is 0.0596 e. The summed E-state index contributed by atoms with van der Waals surface area (Å²) in [5, 5.41) is 3.59. The summed E-state index contributed by atoms with van der Waals surface area (Å²) in [6.07, 6.45) is 0.308. The molecule has 0 saturated carbocycles. The van der Waals surface area contributed by atoms with Crippen LogP contribution in [0.1, 0.15) is 43.5 Å². The van der Waals surface area contributed by atoms with Gasteiger partial charge in [-0.15, -0.1) is 0 Å². The zero-order chi connectivity index (χ0) is 15.8. The Morgan fingerprint density at radius 2 is 1.90 bits per heavy atom. The number of nitrogens with zero attached hydrogens (tertiary/aromatic N) is 1. The molecule has 1 aromatic carbocycles. The van der Waals surface area contributed by atoms with Gasteiger partial charge in [-0.25, -0.2) is 0 Å². The predicted molar refractivity (Wildman–Crippen MR) is 90.9 cm³/mol. The molecule has 21 heavy (non-hydrogen) atoms. The number of benzene rings is 1. The van der Waals surface area contributed by atoms with Crippen LogP contribution in [0.5, 0.6) is 0 Å². The summed E-state index contributed by atoms with van der Waals surface area (Å²) in [6.45, 7) is 14.4. The third-order valence-corrected chi connectivity index (χ3v) is 3.80. The first-order valence-electron chi connectivity index (χ1n) is 8.04. The maximum atomic E-state index is 5.63. The van der Waals surface area contributed by atoms with E-state index in [0.717, 1.165) is 26.2 Å². The van der Waals surface area contributed by atoms with E-state index in [9.17, 15) is 0 Å². The highest BCUT2D eigenvalue weighted by molar-refractivity contribution is 5.31. The van der Waals surface area contributed by atoms with Gasteiger partial charge in [0.1, 0.15) is 0 Å². The van der Waals surface area contributed by atoms with Crippen LogP contribution in [0.3, 0.4) is 0 Å². The Labute approximate surface area is 130 Å². The molecule has 0 amide bonds. The molecule has 0 bridgehead atoms. The van der Waals surface area contributed by atoms with Gasteiger partial charge in [-0.3, -0.25) is 0 Å². The van der Waals surface area contributed by atoms with Crippen LogP contribution in [0.2, 0.25) is 0 Å². The van der Waals surface area contributed by atoms with E-state index >= 15 is 0 Å². The fraction of sp³-hybridized carbons (Fsp3) is 0.667. The van der Waals surface area contributed by atoms with Crippen molar-refractivity contribution in [1.82, 2.24) is 10.2 Å². The molecule has 0 aliphatic rings. The number of likely N-dealkylation sites (N-methyl/N-ethyl adjacent to an activating group) is 2. The van der Waals surface area contributed by atoms with Crippen molar-refractivity contribution in [2.24, 2.45) is 0 Å². The van der Waals surface area contributed by atoms with E-state index in [0.29, 0.717) is 12.1 Å². The minimum atomic E-state index is 0.308. The lowest BCUT2D eigenvalue weighted by atomic mass is 10.0. The lowest BCUT2D eigenvalue weighted by Crippen LogP contribution is -2.35. The normalized spacial score (nSPS) is 13.1. The van der Waals surface area contributed by atoms with Crippen molar-refractivity contribution in [3.05, 3.63) is 34.9 Å². The summed E-state index contributed by atoms with van der Waals surface area (Å²) < 4.78 is 5.63. The van der Waals surface area contributed by atoms with Crippen molar-refractivity contribution in [3.8, 4) is 0 Å². The molecule has 0 spiro atoms. The maximum absolute atomic E-state index is 5.63. The van der Waals surface area contributed by atoms with Gasteiger partial charge in [-0.2, -0.15) is 0 Å². The largest absolute Gasteiger partial charge is 0.377 e. The van der Waals surface area contributed by atoms with E-state index in [-0.39, 0.29) is 0 Å². The Kier molecular flexibility index (Phi) is 7.94. The van der Waals surface area contributed by atoms with Crippen LogP contribution in [0, 0.1) is 13.8 Å². The van der Waals surface area contributed by atoms with Crippen LogP contribution in [-0.4, -0.2) is 44.3 Å². The molecular formula is C18H32N2O. The third kappa shape index (κ3) is 6.60. The first-order valence-corrected chi connectivity index (χ1v) is 8.04. The number of aryl methyl sites for hydroxylation is 2. The average molecular weight is 292 g/mol. The molecule has 0 saturated heterocycles. The summed E-state index contributed by atoms with van der Waals surface area (Å²) in [6, 6.07) is 7.14. The topological polar surface area (TPSA) is 24.5 Å². The minimum Gasteiger partial charge on any atom is -0.377 e. The number of hydrogen-bond donors (Lipinski definition) is 1. The quantitative estimate of drug-likeness (QED) is 0.756. The Morgan fingerprint density at radius 3 is 2.48 bits per heavy atom. The summed E-state index contributed by atoms with van der Waals surface area (Å²) in [5.41, 5.74) is 4.09. The van der Waals surface area contributed by atoms with Gasteiger partial charge in [0.05, 0.1) is 12.7 Å². The van der Waals surface area contributed by atoms with Crippen LogP contribution in [0.4, 0.5) is 0 Å². The summed E-state index contributed by atoms with van der Waals surface area (Å²) >= 11 is 0. The Hall–Kier alpha value is -0.900. The van der Waals surface area contributed by atoms with Gasteiger partial charge < -0.3 is 15.0 Å². The molecule has 0 fully saturated rings. The lowest BCUT2D eigenvalue weighted by molar-refractivity contribution is 0.0623. The van der Waals surface area contributed by atoms with Gasteiger partial charge in [0.25, 0.3) is 0 Å². The summed E-state index contributed by atoms with van der Waals surface area (Å²) in [4.78, 5) is 2.34. The van der Waals surface area contributed by atoms with Crippen LogP contribution in [0.25, 0.3) is 0 Å². The zero-order valence-corrected chi connectivity index (χ0v) is 14.6. The van der Waals surface area contributed by atoms with E-state index in [1.807, 2.05) is 0 Å². The highest BCUT2D eigenvalue weighted by Gasteiger charge is 2.13. The van der Waals surface area contributed by atoms with Crippen molar-refractivity contribution >= 4 is 0 Å². The third-order valence-electron chi connectivity index (χ3n) is 3.80. The Bertz CT molecular complexity index is 418. The first kappa shape index (κ1) is 18.1. The van der Waals surface area contributed by atoms with E-state index in [2.05, 4.69) is 70.1 Å². The molecule has 0 aliphatic heterocycles. The summed E-state index contributed by atoms with van der Waals surface area (Å²) in [7, 11) is 2.16.